The molecule has 7 nitrogen and oxygen atoms in total. The minimum atomic E-state index is -0.511. The van der Waals surface area contributed by atoms with Gasteiger partial charge in [0.25, 0.3) is 11.8 Å². The zero-order chi connectivity index (χ0) is 23.5. The zero-order valence-corrected chi connectivity index (χ0v) is 19.1. The Hall–Kier alpha value is -3.58. The Bertz CT molecular complexity index is 1160. The molecule has 0 saturated carbocycles. The molecule has 1 fully saturated rings. The number of nitrogens with one attached hydrogen (secondary N) is 1. The van der Waals surface area contributed by atoms with Crippen molar-refractivity contribution in [2.75, 3.05) is 13.1 Å². The highest BCUT2D eigenvalue weighted by atomic mass is 16.3. The maximum Gasteiger partial charge on any atom is 0.253 e. The average Bonchev–Trinajstić information content (AvgIpc) is 3.25. The molecule has 1 aromatic carbocycles. The summed E-state index contributed by atoms with van der Waals surface area (Å²) in [6.07, 6.45) is 3.55. The number of likely N-dealkylation sites (tertiary alicyclic amines) is 1. The van der Waals surface area contributed by atoms with Gasteiger partial charge in [-0.25, -0.2) is 0 Å². The number of β-amino-alcohol motifs (C(OH)–C–C–N with tert-alkyl or cyclic N) is 1. The number of carbonyl (C=O) groups excluding carboxylic acids is 2. The number of aromatic nitrogens is 2. The fourth-order valence-electron chi connectivity index (χ4n) is 3.88. The standard InChI is InChI=1S/C26H28N4O3/c1-16-4-7-24(28-13-16)20-10-21(12-22(11-20)26(33)30-9-8-23(31)15-30)25(32)29-18(3)19-6-5-17(2)27-14-19/h4-7,10-14,18,23,31H,8-9,15H2,1-3H3,(H,29,32)/t18-,23-/m0/s1. The van der Waals surface area contributed by atoms with Crippen molar-refractivity contribution in [3.05, 3.63) is 82.8 Å². The summed E-state index contributed by atoms with van der Waals surface area (Å²) < 4.78 is 0. The van der Waals surface area contributed by atoms with E-state index in [0.717, 1.165) is 16.8 Å². The van der Waals surface area contributed by atoms with E-state index in [4.69, 9.17) is 0 Å². The van der Waals surface area contributed by atoms with E-state index in [0.29, 0.717) is 41.9 Å². The van der Waals surface area contributed by atoms with Gasteiger partial charge < -0.3 is 15.3 Å². The summed E-state index contributed by atoms with van der Waals surface area (Å²) >= 11 is 0. The van der Waals surface area contributed by atoms with E-state index in [2.05, 4.69) is 15.3 Å². The Morgan fingerprint density at radius 1 is 1.06 bits per heavy atom. The molecule has 2 N–H and O–H groups in total. The number of benzene rings is 1. The van der Waals surface area contributed by atoms with Gasteiger partial charge in [-0.3, -0.25) is 19.6 Å². The van der Waals surface area contributed by atoms with Gasteiger partial charge in [-0.1, -0.05) is 12.1 Å². The first-order chi connectivity index (χ1) is 15.8. The van der Waals surface area contributed by atoms with Crippen molar-refractivity contribution in [3.63, 3.8) is 0 Å². The molecule has 2 aromatic heterocycles. The highest BCUT2D eigenvalue weighted by Crippen LogP contribution is 2.24. The molecule has 7 heteroatoms. The molecule has 0 radical (unpaired) electrons. The number of carbonyl (C=O) groups is 2. The molecule has 170 valence electrons. The van der Waals surface area contributed by atoms with E-state index >= 15 is 0 Å². The third kappa shape index (κ3) is 5.26. The predicted molar refractivity (Wildman–Crippen MR) is 126 cm³/mol. The lowest BCUT2D eigenvalue weighted by atomic mass is 10.0. The topological polar surface area (TPSA) is 95.4 Å². The van der Waals surface area contributed by atoms with E-state index in [9.17, 15) is 14.7 Å². The lowest BCUT2D eigenvalue weighted by Gasteiger charge is -2.18. The maximum atomic E-state index is 13.2. The summed E-state index contributed by atoms with van der Waals surface area (Å²) in [4.78, 5) is 36.7. The highest BCUT2D eigenvalue weighted by Gasteiger charge is 2.26. The van der Waals surface area contributed by atoms with Crippen LogP contribution in [0.5, 0.6) is 0 Å². The van der Waals surface area contributed by atoms with Crippen molar-refractivity contribution in [1.29, 1.82) is 0 Å². The molecule has 0 unspecified atom stereocenters. The molecule has 0 bridgehead atoms. The van der Waals surface area contributed by atoms with Crippen LogP contribution in [0.3, 0.4) is 0 Å². The van der Waals surface area contributed by atoms with E-state index < -0.39 is 6.10 Å². The quantitative estimate of drug-likeness (QED) is 0.628. The van der Waals surface area contributed by atoms with Crippen molar-refractivity contribution in [1.82, 2.24) is 20.2 Å². The summed E-state index contributed by atoms with van der Waals surface area (Å²) in [6, 6.07) is 12.5. The highest BCUT2D eigenvalue weighted by molar-refractivity contribution is 6.01. The number of hydrogen-bond acceptors (Lipinski definition) is 5. The first-order valence-electron chi connectivity index (χ1n) is 11.1. The van der Waals surface area contributed by atoms with Crippen molar-refractivity contribution in [2.45, 2.75) is 39.3 Å². The van der Waals surface area contributed by atoms with Crippen LogP contribution in [0.25, 0.3) is 11.3 Å². The minimum absolute atomic E-state index is 0.203. The number of aliphatic hydroxyl groups excluding tert-OH is 1. The van der Waals surface area contributed by atoms with Crippen molar-refractivity contribution >= 4 is 11.8 Å². The normalized spacial score (nSPS) is 16.5. The second-order valence-electron chi connectivity index (χ2n) is 8.64. The molecule has 4 rings (SSSR count). The zero-order valence-electron chi connectivity index (χ0n) is 19.1. The number of pyridine rings is 2. The van der Waals surface area contributed by atoms with Crippen LogP contribution in [0.15, 0.2) is 54.9 Å². The van der Waals surface area contributed by atoms with Crippen LogP contribution in [0.1, 0.15) is 56.9 Å². The maximum absolute atomic E-state index is 13.2. The molecule has 3 heterocycles. The van der Waals surface area contributed by atoms with Gasteiger partial charge in [0.05, 0.1) is 17.8 Å². The molecule has 0 spiro atoms. The van der Waals surface area contributed by atoms with Crippen LogP contribution in [-0.2, 0) is 0 Å². The number of aryl methyl sites for hydroxylation is 2. The third-order valence-electron chi connectivity index (χ3n) is 5.88. The number of aliphatic hydroxyl groups is 1. The van der Waals surface area contributed by atoms with Crippen LogP contribution >= 0.6 is 0 Å². The Kier molecular flexibility index (Phi) is 6.51. The van der Waals surface area contributed by atoms with Crippen LogP contribution in [0.2, 0.25) is 0 Å². The smallest absolute Gasteiger partial charge is 0.253 e. The molecule has 2 atom stereocenters. The van der Waals surface area contributed by atoms with Gasteiger partial charge in [0.15, 0.2) is 0 Å². The molecule has 1 aliphatic rings. The van der Waals surface area contributed by atoms with Crippen molar-refractivity contribution in [2.24, 2.45) is 0 Å². The molecule has 2 amide bonds. The Labute approximate surface area is 193 Å². The number of hydrogen-bond donors (Lipinski definition) is 2. The lowest BCUT2D eigenvalue weighted by Crippen LogP contribution is -2.30. The van der Waals surface area contributed by atoms with Gasteiger partial charge in [0.2, 0.25) is 0 Å². The van der Waals surface area contributed by atoms with E-state index in [1.54, 1.807) is 35.5 Å². The fraction of sp³-hybridized carbons (Fsp3) is 0.308. The Morgan fingerprint density at radius 3 is 2.48 bits per heavy atom. The van der Waals surface area contributed by atoms with Gasteiger partial charge in [0, 0.05) is 47.9 Å². The molecular formula is C26H28N4O3. The molecule has 1 aliphatic heterocycles. The summed E-state index contributed by atoms with van der Waals surface area (Å²) in [7, 11) is 0. The Balaban J connectivity index is 1.66. The molecular weight excluding hydrogens is 416 g/mol. The van der Waals surface area contributed by atoms with Crippen molar-refractivity contribution in [3.8, 4) is 11.3 Å². The molecule has 33 heavy (non-hydrogen) atoms. The molecule has 3 aromatic rings. The molecule has 0 aliphatic carbocycles. The number of nitrogens with zero attached hydrogens (tertiary/aromatic N) is 3. The van der Waals surface area contributed by atoms with Gasteiger partial charge in [-0.05, 0) is 68.7 Å². The van der Waals surface area contributed by atoms with Crippen LogP contribution in [0, 0.1) is 13.8 Å². The van der Waals surface area contributed by atoms with Crippen LogP contribution < -0.4 is 5.32 Å². The van der Waals surface area contributed by atoms with E-state index in [1.165, 1.54) is 0 Å². The van der Waals surface area contributed by atoms with E-state index in [-0.39, 0.29) is 17.9 Å². The number of rotatable bonds is 5. The largest absolute Gasteiger partial charge is 0.391 e. The summed E-state index contributed by atoms with van der Waals surface area (Å²) in [5.74, 6) is -0.488. The van der Waals surface area contributed by atoms with Gasteiger partial charge in [-0.2, -0.15) is 0 Å². The van der Waals surface area contributed by atoms with Gasteiger partial charge in [-0.15, -0.1) is 0 Å². The number of amides is 2. The second-order valence-corrected chi connectivity index (χ2v) is 8.64. The monoisotopic (exact) mass is 444 g/mol. The summed E-state index contributed by atoms with van der Waals surface area (Å²) in [5.41, 5.74) is 4.98. The SMILES string of the molecule is Cc1ccc(-c2cc(C(=O)N[C@@H](C)c3ccc(C)nc3)cc(C(=O)N3CC[C@H](O)C3)c2)nc1. The predicted octanol–water partition coefficient (Wildman–Crippen LogP) is 3.46. The van der Waals surface area contributed by atoms with Crippen LogP contribution in [0.4, 0.5) is 0 Å². The van der Waals surface area contributed by atoms with Crippen molar-refractivity contribution < 1.29 is 14.7 Å². The first-order valence-corrected chi connectivity index (χ1v) is 11.1. The first kappa shape index (κ1) is 22.6. The summed E-state index contributed by atoms with van der Waals surface area (Å²) in [5, 5.41) is 12.8. The second kappa shape index (κ2) is 9.50. The van der Waals surface area contributed by atoms with Crippen LogP contribution in [-0.4, -0.2) is 51.0 Å². The summed E-state index contributed by atoms with van der Waals surface area (Å²) in [6.45, 7) is 6.55. The fourth-order valence-corrected chi connectivity index (χ4v) is 3.88. The minimum Gasteiger partial charge on any atom is -0.391 e. The Morgan fingerprint density at radius 2 is 1.85 bits per heavy atom. The molecule has 1 saturated heterocycles. The third-order valence-corrected chi connectivity index (χ3v) is 5.88. The van der Waals surface area contributed by atoms with E-state index in [1.807, 2.05) is 45.0 Å². The van der Waals surface area contributed by atoms with Gasteiger partial charge >= 0.3 is 0 Å². The van der Waals surface area contributed by atoms with Gasteiger partial charge in [0.1, 0.15) is 0 Å². The average molecular weight is 445 g/mol. The lowest BCUT2D eigenvalue weighted by molar-refractivity contribution is 0.0765.